The largest absolute Gasteiger partial charge is 0.350 e. The predicted molar refractivity (Wildman–Crippen MR) is 68.0 cm³/mol. The second kappa shape index (κ2) is 6.10. The van der Waals surface area contributed by atoms with E-state index >= 15 is 0 Å². The van der Waals surface area contributed by atoms with Crippen molar-refractivity contribution in [3.63, 3.8) is 0 Å². The lowest BCUT2D eigenvalue weighted by Crippen LogP contribution is -2.41. The van der Waals surface area contributed by atoms with Crippen LogP contribution in [0.1, 0.15) is 23.4 Å². The summed E-state index contributed by atoms with van der Waals surface area (Å²) in [5, 5.41) is 6.43. The SMILES string of the molecule is Cc1nn(C)c(C)c1CCC(=O)NCC(F)(F)CN. The van der Waals surface area contributed by atoms with E-state index in [1.807, 2.05) is 20.9 Å². The van der Waals surface area contributed by atoms with Crippen molar-refractivity contribution in [2.75, 3.05) is 13.1 Å². The van der Waals surface area contributed by atoms with Crippen LogP contribution in [0.25, 0.3) is 0 Å². The molecule has 108 valence electrons. The molecule has 0 atom stereocenters. The summed E-state index contributed by atoms with van der Waals surface area (Å²) in [6.07, 6.45) is 0.652. The molecular weight excluding hydrogens is 254 g/mol. The third-order valence-corrected chi connectivity index (χ3v) is 3.10. The summed E-state index contributed by atoms with van der Waals surface area (Å²) >= 11 is 0. The van der Waals surface area contributed by atoms with Gasteiger partial charge in [-0.25, -0.2) is 8.78 Å². The molecular formula is C12H20F2N4O. The highest BCUT2D eigenvalue weighted by molar-refractivity contribution is 5.76. The molecule has 0 saturated carbocycles. The number of aryl methyl sites for hydroxylation is 2. The molecule has 3 N–H and O–H groups in total. The maximum absolute atomic E-state index is 12.9. The quantitative estimate of drug-likeness (QED) is 0.801. The lowest BCUT2D eigenvalue weighted by molar-refractivity contribution is -0.122. The van der Waals surface area contributed by atoms with E-state index in [1.54, 1.807) is 4.68 Å². The molecule has 1 aromatic rings. The second-order valence-corrected chi connectivity index (χ2v) is 4.61. The highest BCUT2D eigenvalue weighted by Crippen LogP contribution is 2.14. The smallest absolute Gasteiger partial charge is 0.277 e. The van der Waals surface area contributed by atoms with E-state index in [4.69, 9.17) is 5.73 Å². The van der Waals surface area contributed by atoms with E-state index in [0.29, 0.717) is 6.42 Å². The molecule has 0 saturated heterocycles. The van der Waals surface area contributed by atoms with Gasteiger partial charge in [0.25, 0.3) is 5.92 Å². The molecule has 1 aromatic heterocycles. The van der Waals surface area contributed by atoms with Gasteiger partial charge in [-0.2, -0.15) is 5.10 Å². The second-order valence-electron chi connectivity index (χ2n) is 4.61. The van der Waals surface area contributed by atoms with E-state index < -0.39 is 24.9 Å². The molecule has 1 rings (SSSR count). The van der Waals surface area contributed by atoms with Gasteiger partial charge in [0.2, 0.25) is 5.91 Å². The summed E-state index contributed by atoms with van der Waals surface area (Å²) in [4.78, 5) is 11.5. The summed E-state index contributed by atoms with van der Waals surface area (Å²) in [6, 6.07) is 0. The first-order chi connectivity index (χ1) is 8.76. The van der Waals surface area contributed by atoms with Gasteiger partial charge in [0.15, 0.2) is 0 Å². The van der Waals surface area contributed by atoms with Crippen LogP contribution in [0.15, 0.2) is 0 Å². The number of carbonyl (C=O) groups is 1. The van der Waals surface area contributed by atoms with Crippen molar-refractivity contribution in [3.8, 4) is 0 Å². The average molecular weight is 274 g/mol. The van der Waals surface area contributed by atoms with Crippen molar-refractivity contribution < 1.29 is 13.6 Å². The number of hydrogen-bond acceptors (Lipinski definition) is 3. The number of rotatable bonds is 6. The first-order valence-corrected chi connectivity index (χ1v) is 6.10. The Bertz CT molecular complexity index is 457. The van der Waals surface area contributed by atoms with Crippen molar-refractivity contribution >= 4 is 5.91 Å². The van der Waals surface area contributed by atoms with Gasteiger partial charge in [0.05, 0.1) is 18.8 Å². The number of carbonyl (C=O) groups excluding carboxylic acids is 1. The molecule has 0 spiro atoms. The molecule has 19 heavy (non-hydrogen) atoms. The Morgan fingerprint density at radius 2 is 2.11 bits per heavy atom. The van der Waals surface area contributed by atoms with Gasteiger partial charge in [0, 0.05) is 19.2 Å². The van der Waals surface area contributed by atoms with E-state index in [2.05, 4.69) is 10.4 Å². The van der Waals surface area contributed by atoms with Gasteiger partial charge >= 0.3 is 0 Å². The molecule has 1 heterocycles. The zero-order valence-corrected chi connectivity index (χ0v) is 11.5. The molecule has 0 aliphatic carbocycles. The molecule has 0 aromatic carbocycles. The summed E-state index contributed by atoms with van der Waals surface area (Å²) in [6.45, 7) is 2.29. The minimum absolute atomic E-state index is 0.161. The highest BCUT2D eigenvalue weighted by Gasteiger charge is 2.27. The van der Waals surface area contributed by atoms with Gasteiger partial charge < -0.3 is 11.1 Å². The van der Waals surface area contributed by atoms with Crippen LogP contribution in [0.3, 0.4) is 0 Å². The topological polar surface area (TPSA) is 72.9 Å². The Morgan fingerprint density at radius 3 is 2.58 bits per heavy atom. The summed E-state index contributed by atoms with van der Waals surface area (Å²) in [5.41, 5.74) is 7.72. The number of alkyl halides is 2. The number of hydrogen-bond donors (Lipinski definition) is 2. The Hall–Kier alpha value is -1.50. The van der Waals surface area contributed by atoms with E-state index in [0.717, 1.165) is 17.0 Å². The Balaban J connectivity index is 2.47. The van der Waals surface area contributed by atoms with Crippen LogP contribution in [-0.2, 0) is 18.3 Å². The lowest BCUT2D eigenvalue weighted by atomic mass is 10.1. The first kappa shape index (κ1) is 15.6. The standard InChI is InChI=1S/C12H20F2N4O/c1-8-10(9(2)18(3)17-8)4-5-11(19)16-7-12(13,14)6-15/h4-7,15H2,1-3H3,(H,16,19). The zero-order chi connectivity index (χ0) is 14.6. The third kappa shape index (κ3) is 4.27. The van der Waals surface area contributed by atoms with Gasteiger partial charge in [-0.05, 0) is 25.8 Å². The van der Waals surface area contributed by atoms with Crippen molar-refractivity contribution in [1.82, 2.24) is 15.1 Å². The fourth-order valence-electron chi connectivity index (χ4n) is 1.81. The van der Waals surface area contributed by atoms with Crippen LogP contribution < -0.4 is 11.1 Å². The van der Waals surface area contributed by atoms with Crippen molar-refractivity contribution in [2.24, 2.45) is 12.8 Å². The minimum atomic E-state index is -3.05. The fraction of sp³-hybridized carbons (Fsp3) is 0.667. The molecule has 1 amide bonds. The number of nitrogens with two attached hydrogens (primary N) is 1. The van der Waals surface area contributed by atoms with Crippen LogP contribution in [0.2, 0.25) is 0 Å². The van der Waals surface area contributed by atoms with Gasteiger partial charge in [0.1, 0.15) is 0 Å². The Morgan fingerprint density at radius 1 is 1.47 bits per heavy atom. The third-order valence-electron chi connectivity index (χ3n) is 3.10. The Kier molecular flexibility index (Phi) is 4.99. The molecule has 7 heteroatoms. The number of nitrogens with one attached hydrogen (secondary N) is 1. The molecule has 0 unspecified atom stereocenters. The number of nitrogens with zero attached hydrogens (tertiary/aromatic N) is 2. The summed E-state index contributed by atoms with van der Waals surface area (Å²) in [7, 11) is 1.83. The molecule has 0 radical (unpaired) electrons. The number of aromatic nitrogens is 2. The molecule has 0 aliphatic heterocycles. The monoisotopic (exact) mass is 274 g/mol. The van der Waals surface area contributed by atoms with E-state index in [-0.39, 0.29) is 6.42 Å². The van der Waals surface area contributed by atoms with Crippen LogP contribution in [0.4, 0.5) is 8.78 Å². The molecule has 0 fully saturated rings. The van der Waals surface area contributed by atoms with Crippen molar-refractivity contribution in [3.05, 3.63) is 17.0 Å². The zero-order valence-electron chi connectivity index (χ0n) is 11.5. The van der Waals surface area contributed by atoms with Gasteiger partial charge in [-0.15, -0.1) is 0 Å². The van der Waals surface area contributed by atoms with Crippen LogP contribution in [0, 0.1) is 13.8 Å². The van der Waals surface area contributed by atoms with Crippen LogP contribution in [-0.4, -0.2) is 34.7 Å². The van der Waals surface area contributed by atoms with Crippen LogP contribution >= 0.6 is 0 Å². The first-order valence-electron chi connectivity index (χ1n) is 6.10. The van der Waals surface area contributed by atoms with E-state index in [1.165, 1.54) is 0 Å². The summed E-state index contributed by atoms with van der Waals surface area (Å²) < 4.78 is 27.5. The Labute approximate surface area is 111 Å². The van der Waals surface area contributed by atoms with Crippen LogP contribution in [0.5, 0.6) is 0 Å². The number of halogens is 2. The fourth-order valence-corrected chi connectivity index (χ4v) is 1.81. The van der Waals surface area contributed by atoms with Crippen molar-refractivity contribution in [1.29, 1.82) is 0 Å². The maximum Gasteiger partial charge on any atom is 0.277 e. The van der Waals surface area contributed by atoms with E-state index in [9.17, 15) is 13.6 Å². The highest BCUT2D eigenvalue weighted by atomic mass is 19.3. The maximum atomic E-state index is 12.9. The average Bonchev–Trinajstić information content (AvgIpc) is 2.59. The minimum Gasteiger partial charge on any atom is -0.350 e. The van der Waals surface area contributed by atoms with Gasteiger partial charge in [-0.1, -0.05) is 0 Å². The predicted octanol–water partition coefficient (Wildman–Crippen LogP) is 0.680. The molecule has 5 nitrogen and oxygen atoms in total. The summed E-state index contributed by atoms with van der Waals surface area (Å²) in [5.74, 6) is -3.45. The van der Waals surface area contributed by atoms with Gasteiger partial charge in [-0.3, -0.25) is 9.48 Å². The molecule has 0 bridgehead atoms. The number of amides is 1. The normalized spacial score (nSPS) is 11.7. The van der Waals surface area contributed by atoms with Crippen molar-refractivity contribution in [2.45, 2.75) is 32.6 Å². The lowest BCUT2D eigenvalue weighted by Gasteiger charge is -2.14. The molecule has 0 aliphatic rings.